The maximum Gasteiger partial charge on any atom is 0.188 e. The molecule has 1 aliphatic carbocycles. The number of benzene rings is 1. The Bertz CT molecular complexity index is 478. The maximum absolute atomic E-state index is 6.07. The summed E-state index contributed by atoms with van der Waals surface area (Å²) in [4.78, 5) is 4.50. The number of halogens is 1. The topological polar surface area (TPSA) is 50.4 Å². The summed E-state index contributed by atoms with van der Waals surface area (Å²) in [5.41, 5.74) is 7.36. The molecule has 0 spiro atoms. The first-order valence-electron chi connectivity index (χ1n) is 7.32. The van der Waals surface area contributed by atoms with E-state index in [-0.39, 0.29) is 5.41 Å². The number of hydrogen-bond donors (Lipinski definition) is 2. The van der Waals surface area contributed by atoms with E-state index in [4.69, 9.17) is 17.3 Å². The number of nitrogens with two attached hydrogens (primary N) is 1. The van der Waals surface area contributed by atoms with Crippen molar-refractivity contribution in [2.24, 2.45) is 16.6 Å². The van der Waals surface area contributed by atoms with Gasteiger partial charge in [-0.15, -0.1) is 0 Å². The van der Waals surface area contributed by atoms with Gasteiger partial charge >= 0.3 is 0 Å². The van der Waals surface area contributed by atoms with Gasteiger partial charge in [0.15, 0.2) is 5.96 Å². The Morgan fingerprint density at radius 2 is 2.20 bits per heavy atom. The van der Waals surface area contributed by atoms with Crippen LogP contribution in [0.2, 0.25) is 5.02 Å². The Hall–Kier alpha value is -1.22. The lowest BCUT2D eigenvalue weighted by Gasteiger charge is -2.14. The van der Waals surface area contributed by atoms with Crippen molar-refractivity contribution in [3.8, 4) is 0 Å². The van der Waals surface area contributed by atoms with Gasteiger partial charge in [-0.05, 0) is 42.9 Å². The number of nitrogens with one attached hydrogen (secondary N) is 1. The third-order valence-electron chi connectivity index (χ3n) is 3.87. The molecule has 1 saturated carbocycles. The fourth-order valence-corrected chi connectivity index (χ4v) is 2.48. The lowest BCUT2D eigenvalue weighted by Crippen LogP contribution is -2.33. The Morgan fingerprint density at radius 1 is 1.45 bits per heavy atom. The highest BCUT2D eigenvalue weighted by atomic mass is 35.5. The molecule has 110 valence electrons. The number of nitrogens with zero attached hydrogens (tertiary/aromatic N) is 1. The monoisotopic (exact) mass is 293 g/mol. The maximum atomic E-state index is 6.07. The molecule has 3 nitrogen and oxygen atoms in total. The van der Waals surface area contributed by atoms with E-state index in [0.717, 1.165) is 37.4 Å². The zero-order valence-corrected chi connectivity index (χ0v) is 13.1. The first-order chi connectivity index (χ1) is 9.52. The molecule has 0 amide bonds. The summed E-state index contributed by atoms with van der Waals surface area (Å²) in [6.45, 7) is 6.03. The molecule has 1 aliphatic rings. The van der Waals surface area contributed by atoms with Crippen LogP contribution in [-0.2, 0) is 5.41 Å². The van der Waals surface area contributed by atoms with Crippen LogP contribution in [0.5, 0.6) is 0 Å². The summed E-state index contributed by atoms with van der Waals surface area (Å²) in [5, 5.41) is 3.97. The van der Waals surface area contributed by atoms with Crippen LogP contribution in [0.4, 0.5) is 0 Å². The molecule has 20 heavy (non-hydrogen) atoms. The van der Waals surface area contributed by atoms with Gasteiger partial charge in [0.25, 0.3) is 0 Å². The van der Waals surface area contributed by atoms with Crippen LogP contribution in [0.25, 0.3) is 0 Å². The fraction of sp³-hybridized carbons (Fsp3) is 0.562. The summed E-state index contributed by atoms with van der Waals surface area (Å²) in [6.07, 6.45) is 3.43. The summed E-state index contributed by atoms with van der Waals surface area (Å²) in [6, 6.07) is 8.10. The summed E-state index contributed by atoms with van der Waals surface area (Å²) >= 11 is 6.07. The second-order valence-corrected chi connectivity index (χ2v) is 6.54. The van der Waals surface area contributed by atoms with Gasteiger partial charge in [0.1, 0.15) is 0 Å². The summed E-state index contributed by atoms with van der Waals surface area (Å²) < 4.78 is 0. The zero-order valence-electron chi connectivity index (χ0n) is 12.3. The molecule has 1 aromatic carbocycles. The summed E-state index contributed by atoms with van der Waals surface area (Å²) in [7, 11) is 0. The molecule has 4 heteroatoms. The molecule has 0 bridgehead atoms. The number of guanidine groups is 1. The predicted octanol–water partition coefficient (Wildman–Crippen LogP) is 3.32. The Balaban J connectivity index is 1.89. The van der Waals surface area contributed by atoms with Crippen molar-refractivity contribution in [1.82, 2.24) is 5.32 Å². The lowest BCUT2D eigenvalue weighted by molar-refractivity contribution is 0.576. The first-order valence-corrected chi connectivity index (χ1v) is 7.69. The average Bonchev–Trinajstić information content (AvgIpc) is 3.17. The second kappa shape index (κ2) is 6.49. The van der Waals surface area contributed by atoms with Crippen molar-refractivity contribution in [2.75, 3.05) is 13.1 Å². The van der Waals surface area contributed by atoms with E-state index in [1.54, 1.807) is 0 Å². The highest BCUT2D eigenvalue weighted by Gasteiger charge is 2.44. The number of hydrogen-bond acceptors (Lipinski definition) is 1. The van der Waals surface area contributed by atoms with Crippen LogP contribution >= 0.6 is 11.6 Å². The van der Waals surface area contributed by atoms with E-state index in [2.05, 4.69) is 30.2 Å². The highest BCUT2D eigenvalue weighted by molar-refractivity contribution is 6.30. The molecule has 0 aromatic heterocycles. The van der Waals surface area contributed by atoms with Crippen LogP contribution in [0.15, 0.2) is 29.3 Å². The molecule has 0 saturated heterocycles. The molecule has 0 unspecified atom stereocenters. The largest absolute Gasteiger partial charge is 0.370 e. The fourth-order valence-electron chi connectivity index (χ4n) is 2.29. The molecule has 2 rings (SSSR count). The molecule has 1 fully saturated rings. The highest BCUT2D eigenvalue weighted by Crippen LogP contribution is 2.48. The predicted molar refractivity (Wildman–Crippen MR) is 86.3 cm³/mol. The van der Waals surface area contributed by atoms with Crippen molar-refractivity contribution in [3.05, 3.63) is 34.9 Å². The van der Waals surface area contributed by atoms with E-state index in [0.29, 0.717) is 11.9 Å². The molecule has 0 aliphatic heterocycles. The molecule has 1 aromatic rings. The minimum atomic E-state index is 0.162. The molecular formula is C16H24ClN3. The van der Waals surface area contributed by atoms with Gasteiger partial charge in [-0.2, -0.15) is 0 Å². The van der Waals surface area contributed by atoms with Crippen LogP contribution in [-0.4, -0.2) is 19.0 Å². The summed E-state index contributed by atoms with van der Waals surface area (Å²) in [5.74, 6) is 1.23. The minimum Gasteiger partial charge on any atom is -0.370 e. The molecule has 0 atom stereocenters. The van der Waals surface area contributed by atoms with Crippen molar-refractivity contribution < 1.29 is 0 Å². The average molecular weight is 294 g/mol. The van der Waals surface area contributed by atoms with Gasteiger partial charge in [-0.1, -0.05) is 37.6 Å². The Kier molecular flexibility index (Phi) is 4.92. The van der Waals surface area contributed by atoms with E-state index < -0.39 is 0 Å². The zero-order chi connectivity index (χ0) is 14.6. The first kappa shape index (κ1) is 15.2. The molecule has 0 radical (unpaired) electrons. The Morgan fingerprint density at radius 3 is 2.80 bits per heavy atom. The van der Waals surface area contributed by atoms with Crippen molar-refractivity contribution >= 4 is 17.6 Å². The third kappa shape index (κ3) is 4.14. The standard InChI is InChI=1S/C16H24ClN3/c1-12(2)6-9-19-15(18)20-11-16(7-8-16)13-4-3-5-14(17)10-13/h3-5,10,12H,6-9,11H2,1-2H3,(H3,18,19,20). The molecule has 3 N–H and O–H groups in total. The van der Waals surface area contributed by atoms with Gasteiger partial charge in [0.05, 0.1) is 6.54 Å². The van der Waals surface area contributed by atoms with Gasteiger partial charge in [0, 0.05) is 17.0 Å². The number of rotatable bonds is 6. The van der Waals surface area contributed by atoms with Crippen molar-refractivity contribution in [3.63, 3.8) is 0 Å². The third-order valence-corrected chi connectivity index (χ3v) is 4.11. The number of aliphatic imine (C=N–C) groups is 1. The smallest absolute Gasteiger partial charge is 0.188 e. The van der Waals surface area contributed by atoms with Gasteiger partial charge in [0.2, 0.25) is 0 Å². The SMILES string of the molecule is CC(C)CCNC(N)=NCC1(c2cccc(Cl)c2)CC1. The molecule has 0 heterocycles. The van der Waals surface area contributed by atoms with Crippen LogP contribution in [0.3, 0.4) is 0 Å². The van der Waals surface area contributed by atoms with Crippen LogP contribution < -0.4 is 11.1 Å². The van der Waals surface area contributed by atoms with Crippen LogP contribution in [0, 0.1) is 5.92 Å². The van der Waals surface area contributed by atoms with Crippen molar-refractivity contribution in [2.45, 2.75) is 38.5 Å². The van der Waals surface area contributed by atoms with Crippen molar-refractivity contribution in [1.29, 1.82) is 0 Å². The normalized spacial score (nSPS) is 17.3. The Labute approximate surface area is 126 Å². The second-order valence-electron chi connectivity index (χ2n) is 6.10. The van der Waals surface area contributed by atoms with Gasteiger partial charge in [-0.25, -0.2) is 0 Å². The van der Waals surface area contributed by atoms with Gasteiger partial charge < -0.3 is 11.1 Å². The van der Waals surface area contributed by atoms with E-state index in [1.165, 1.54) is 5.56 Å². The van der Waals surface area contributed by atoms with Crippen LogP contribution in [0.1, 0.15) is 38.7 Å². The van der Waals surface area contributed by atoms with E-state index in [1.807, 2.05) is 18.2 Å². The van der Waals surface area contributed by atoms with E-state index in [9.17, 15) is 0 Å². The van der Waals surface area contributed by atoms with Gasteiger partial charge in [-0.3, -0.25) is 4.99 Å². The lowest BCUT2D eigenvalue weighted by atomic mass is 9.96. The quantitative estimate of drug-likeness (QED) is 0.624. The minimum absolute atomic E-state index is 0.162. The molecular weight excluding hydrogens is 270 g/mol. The van der Waals surface area contributed by atoms with E-state index >= 15 is 0 Å².